The van der Waals surface area contributed by atoms with Gasteiger partial charge in [0.25, 0.3) is 0 Å². The number of hydrogen-bond donors (Lipinski definition) is 0. The molecule has 0 unspecified atom stereocenters. The molecule has 0 N–H and O–H groups in total. The third-order valence-corrected chi connectivity index (χ3v) is 4.39. The van der Waals surface area contributed by atoms with Gasteiger partial charge in [0.1, 0.15) is 23.2 Å². The number of halogens is 2. The molecule has 0 aliphatic heterocycles. The quantitative estimate of drug-likeness (QED) is 0.583. The van der Waals surface area contributed by atoms with Gasteiger partial charge in [-0.15, -0.1) is 11.3 Å². The molecule has 1 aromatic heterocycles. The van der Waals surface area contributed by atoms with Crippen molar-refractivity contribution in [2.24, 2.45) is 0 Å². The summed E-state index contributed by atoms with van der Waals surface area (Å²) >= 11 is 7.33. The number of ether oxygens (including phenoxy) is 2. The molecule has 0 fully saturated rings. The van der Waals surface area contributed by atoms with Gasteiger partial charge in [0, 0.05) is 16.0 Å². The molecule has 128 valence electrons. The topological polar surface area (TPSA) is 48.4 Å². The van der Waals surface area contributed by atoms with E-state index in [0.29, 0.717) is 16.5 Å². The zero-order valence-corrected chi connectivity index (χ0v) is 14.5. The van der Waals surface area contributed by atoms with E-state index in [4.69, 9.17) is 21.1 Å². The number of aromatic nitrogens is 1. The molecule has 3 aromatic rings. The Morgan fingerprint density at radius 2 is 1.84 bits per heavy atom. The Labute approximate surface area is 152 Å². The van der Waals surface area contributed by atoms with Crippen molar-refractivity contribution >= 4 is 28.9 Å². The largest absolute Gasteiger partial charge is 0.482 e. The monoisotopic (exact) mass is 377 g/mol. The van der Waals surface area contributed by atoms with Crippen LogP contribution in [-0.2, 0) is 16.1 Å². The van der Waals surface area contributed by atoms with Gasteiger partial charge in [0.05, 0.1) is 5.69 Å². The molecular weight excluding hydrogens is 365 g/mol. The highest BCUT2D eigenvalue weighted by atomic mass is 35.5. The van der Waals surface area contributed by atoms with Crippen LogP contribution < -0.4 is 4.74 Å². The first-order chi connectivity index (χ1) is 12.1. The lowest BCUT2D eigenvalue weighted by atomic mass is 10.2. The summed E-state index contributed by atoms with van der Waals surface area (Å²) in [6.45, 7) is -0.185. The van der Waals surface area contributed by atoms with Crippen LogP contribution in [0.1, 0.15) is 5.69 Å². The summed E-state index contributed by atoms with van der Waals surface area (Å²) in [5.74, 6) is -0.489. The van der Waals surface area contributed by atoms with Crippen molar-refractivity contribution in [1.29, 1.82) is 0 Å². The Morgan fingerprint density at radius 1 is 1.12 bits per heavy atom. The van der Waals surface area contributed by atoms with Crippen LogP contribution in [0.15, 0.2) is 53.9 Å². The molecule has 25 heavy (non-hydrogen) atoms. The molecule has 4 nitrogen and oxygen atoms in total. The van der Waals surface area contributed by atoms with Gasteiger partial charge in [0.15, 0.2) is 6.61 Å². The number of carbonyl (C=O) groups is 1. The van der Waals surface area contributed by atoms with E-state index in [0.717, 1.165) is 10.6 Å². The van der Waals surface area contributed by atoms with Gasteiger partial charge < -0.3 is 9.47 Å². The van der Waals surface area contributed by atoms with Crippen molar-refractivity contribution < 1.29 is 18.7 Å². The van der Waals surface area contributed by atoms with Crippen LogP contribution in [0.4, 0.5) is 4.39 Å². The minimum absolute atomic E-state index is 0.0652. The zero-order valence-electron chi connectivity index (χ0n) is 12.9. The maximum atomic E-state index is 12.8. The molecule has 7 heteroatoms. The van der Waals surface area contributed by atoms with E-state index in [1.54, 1.807) is 12.1 Å². The molecule has 0 aliphatic carbocycles. The highest BCUT2D eigenvalue weighted by Crippen LogP contribution is 2.25. The fourth-order valence-electron chi connectivity index (χ4n) is 1.97. The van der Waals surface area contributed by atoms with E-state index in [1.165, 1.54) is 35.6 Å². The summed E-state index contributed by atoms with van der Waals surface area (Å²) in [4.78, 5) is 16.1. The average Bonchev–Trinajstić information content (AvgIpc) is 3.09. The lowest BCUT2D eigenvalue weighted by molar-refractivity contribution is -0.147. The van der Waals surface area contributed by atoms with Crippen LogP contribution in [0.2, 0.25) is 5.02 Å². The minimum Gasteiger partial charge on any atom is -0.482 e. The fourth-order valence-corrected chi connectivity index (χ4v) is 2.90. The molecule has 0 amide bonds. The van der Waals surface area contributed by atoms with E-state index in [-0.39, 0.29) is 19.0 Å². The van der Waals surface area contributed by atoms with E-state index >= 15 is 0 Å². The van der Waals surface area contributed by atoms with Crippen molar-refractivity contribution in [2.45, 2.75) is 6.61 Å². The molecule has 0 atom stereocenters. The first-order valence-corrected chi connectivity index (χ1v) is 8.60. The predicted molar refractivity (Wildman–Crippen MR) is 94.3 cm³/mol. The Kier molecular flexibility index (Phi) is 5.63. The fraction of sp³-hybridized carbons (Fsp3) is 0.111. The van der Waals surface area contributed by atoms with Crippen molar-refractivity contribution in [3.05, 3.63) is 70.4 Å². The Morgan fingerprint density at radius 3 is 2.56 bits per heavy atom. The lowest BCUT2D eigenvalue weighted by Gasteiger charge is -2.06. The average molecular weight is 378 g/mol. The van der Waals surface area contributed by atoms with Gasteiger partial charge >= 0.3 is 5.97 Å². The van der Waals surface area contributed by atoms with Crippen LogP contribution in [0.25, 0.3) is 10.6 Å². The second kappa shape index (κ2) is 8.09. The van der Waals surface area contributed by atoms with Gasteiger partial charge in [-0.25, -0.2) is 14.2 Å². The van der Waals surface area contributed by atoms with Crippen molar-refractivity contribution in [3.63, 3.8) is 0 Å². The number of esters is 1. The van der Waals surface area contributed by atoms with Gasteiger partial charge in [-0.05, 0) is 36.4 Å². The second-order valence-corrected chi connectivity index (χ2v) is 6.35. The highest BCUT2D eigenvalue weighted by Gasteiger charge is 2.09. The predicted octanol–water partition coefficient (Wildman–Crippen LogP) is 4.72. The maximum absolute atomic E-state index is 12.8. The SMILES string of the molecule is O=C(COc1ccc(F)cc1)OCc1csc(-c2ccc(Cl)cc2)n1. The molecule has 0 radical (unpaired) electrons. The third kappa shape index (κ3) is 5.01. The van der Waals surface area contributed by atoms with Crippen molar-refractivity contribution in [1.82, 2.24) is 4.98 Å². The number of carbonyl (C=O) groups excluding carboxylic acids is 1. The first-order valence-electron chi connectivity index (χ1n) is 7.34. The standard InChI is InChI=1S/C18H13ClFNO3S/c19-13-3-1-12(2-4-13)18-21-15(11-25-18)9-24-17(22)10-23-16-7-5-14(20)6-8-16/h1-8,11H,9-10H2. The summed E-state index contributed by atoms with van der Waals surface area (Å²) in [6.07, 6.45) is 0. The highest BCUT2D eigenvalue weighted by molar-refractivity contribution is 7.13. The van der Waals surface area contributed by atoms with Crippen LogP contribution in [0.5, 0.6) is 5.75 Å². The molecule has 0 saturated carbocycles. The third-order valence-electron chi connectivity index (χ3n) is 3.19. The van der Waals surface area contributed by atoms with E-state index in [2.05, 4.69) is 4.98 Å². The molecule has 2 aromatic carbocycles. The second-order valence-electron chi connectivity index (χ2n) is 5.05. The number of benzene rings is 2. The molecule has 0 saturated heterocycles. The molecule has 0 aliphatic rings. The smallest absolute Gasteiger partial charge is 0.344 e. The number of nitrogens with zero attached hydrogens (tertiary/aromatic N) is 1. The first kappa shape index (κ1) is 17.4. The molecule has 1 heterocycles. The van der Waals surface area contributed by atoms with Gasteiger partial charge in [-0.2, -0.15) is 0 Å². The van der Waals surface area contributed by atoms with E-state index < -0.39 is 5.97 Å². The van der Waals surface area contributed by atoms with Crippen LogP contribution in [0.3, 0.4) is 0 Å². The Hall–Kier alpha value is -2.44. The van der Waals surface area contributed by atoms with Crippen LogP contribution >= 0.6 is 22.9 Å². The number of thiazole rings is 1. The summed E-state index contributed by atoms with van der Waals surface area (Å²) in [5, 5.41) is 3.32. The molecule has 0 spiro atoms. The summed E-state index contributed by atoms with van der Waals surface area (Å²) in [6, 6.07) is 12.8. The minimum atomic E-state index is -0.523. The van der Waals surface area contributed by atoms with E-state index in [9.17, 15) is 9.18 Å². The normalized spacial score (nSPS) is 10.5. The van der Waals surface area contributed by atoms with Crippen molar-refractivity contribution in [2.75, 3.05) is 6.61 Å². The lowest BCUT2D eigenvalue weighted by Crippen LogP contribution is -2.14. The van der Waals surface area contributed by atoms with Gasteiger partial charge in [0.2, 0.25) is 0 Å². The summed E-state index contributed by atoms with van der Waals surface area (Å²) in [7, 11) is 0. The van der Waals surface area contributed by atoms with E-state index in [1.807, 2.05) is 17.5 Å². The summed E-state index contributed by atoms with van der Waals surface area (Å²) in [5.41, 5.74) is 1.61. The van der Waals surface area contributed by atoms with Gasteiger partial charge in [-0.1, -0.05) is 23.7 Å². The van der Waals surface area contributed by atoms with Crippen LogP contribution in [0, 0.1) is 5.82 Å². The summed E-state index contributed by atoms with van der Waals surface area (Å²) < 4.78 is 23.1. The Bertz CT molecular complexity index is 850. The van der Waals surface area contributed by atoms with Gasteiger partial charge in [-0.3, -0.25) is 0 Å². The molecule has 3 rings (SSSR count). The van der Waals surface area contributed by atoms with Crippen molar-refractivity contribution in [3.8, 4) is 16.3 Å². The zero-order chi connectivity index (χ0) is 17.6. The Balaban J connectivity index is 1.49. The van der Waals surface area contributed by atoms with Crippen LogP contribution in [-0.4, -0.2) is 17.6 Å². The maximum Gasteiger partial charge on any atom is 0.344 e. The number of rotatable bonds is 6. The molecular formula is C18H13ClFNO3S. The number of hydrogen-bond acceptors (Lipinski definition) is 5. The molecule has 0 bridgehead atoms.